The summed E-state index contributed by atoms with van der Waals surface area (Å²) in [7, 11) is 0. The van der Waals surface area contributed by atoms with Gasteiger partial charge in [-0.25, -0.2) is 4.39 Å². The number of rotatable bonds is 6. The highest BCUT2D eigenvalue weighted by Crippen LogP contribution is 2.11. The zero-order valence-corrected chi connectivity index (χ0v) is 10.8. The average Bonchev–Trinajstić information content (AvgIpc) is 2.24. The maximum absolute atomic E-state index is 12.8. The molecule has 4 heteroatoms. The van der Waals surface area contributed by atoms with Crippen LogP contribution in [0.4, 0.5) is 4.39 Å². The van der Waals surface area contributed by atoms with Gasteiger partial charge in [-0.1, -0.05) is 28.7 Å². The van der Waals surface area contributed by atoms with Crippen LogP contribution < -0.4 is 10.1 Å². The Balaban J connectivity index is 2.20. The lowest BCUT2D eigenvalue weighted by Crippen LogP contribution is -2.31. The fraction of sp³-hybridized carbons (Fsp3) is 0.455. The standard InChI is InChI=1S/C11H15FINO/c1-9(8-13)14-5-6-15-11-4-2-3-10(12)7-11/h2-4,7,9,14H,5-6,8H2,1H3. The smallest absolute Gasteiger partial charge is 0.126 e. The monoisotopic (exact) mass is 323 g/mol. The number of hydrogen-bond acceptors (Lipinski definition) is 2. The molecule has 0 aliphatic heterocycles. The molecule has 0 aliphatic rings. The van der Waals surface area contributed by atoms with Crippen LogP contribution in [0.2, 0.25) is 0 Å². The molecule has 0 radical (unpaired) electrons. The minimum absolute atomic E-state index is 0.263. The second-order valence-corrected chi connectivity index (χ2v) is 4.20. The summed E-state index contributed by atoms with van der Waals surface area (Å²) in [6.45, 7) is 3.46. The number of halogens is 2. The van der Waals surface area contributed by atoms with Gasteiger partial charge in [-0.05, 0) is 19.1 Å². The Morgan fingerprint density at radius 2 is 2.33 bits per heavy atom. The maximum atomic E-state index is 12.8. The predicted molar refractivity (Wildman–Crippen MR) is 68.2 cm³/mol. The van der Waals surface area contributed by atoms with Crippen molar-refractivity contribution in [3.05, 3.63) is 30.1 Å². The molecule has 0 heterocycles. The van der Waals surface area contributed by atoms with E-state index in [1.807, 2.05) is 0 Å². The van der Waals surface area contributed by atoms with Crippen LogP contribution >= 0.6 is 22.6 Å². The van der Waals surface area contributed by atoms with Crippen LogP contribution in [0.5, 0.6) is 5.75 Å². The highest BCUT2D eigenvalue weighted by molar-refractivity contribution is 14.1. The Labute approximate surface area is 103 Å². The fourth-order valence-corrected chi connectivity index (χ4v) is 1.40. The Morgan fingerprint density at radius 3 is 3.00 bits per heavy atom. The third-order valence-corrected chi connectivity index (χ3v) is 3.21. The average molecular weight is 323 g/mol. The summed E-state index contributed by atoms with van der Waals surface area (Å²) in [5.74, 6) is 0.319. The molecule has 0 amide bonds. The van der Waals surface area contributed by atoms with E-state index >= 15 is 0 Å². The minimum atomic E-state index is -0.263. The van der Waals surface area contributed by atoms with Crippen molar-refractivity contribution in [2.24, 2.45) is 0 Å². The molecule has 0 aromatic heterocycles. The molecular formula is C11H15FINO. The highest BCUT2D eigenvalue weighted by atomic mass is 127. The van der Waals surface area contributed by atoms with Crippen molar-refractivity contribution < 1.29 is 9.13 Å². The summed E-state index contributed by atoms with van der Waals surface area (Å²) in [5, 5.41) is 3.29. The van der Waals surface area contributed by atoms with Crippen LogP contribution in [-0.4, -0.2) is 23.6 Å². The molecule has 84 valence electrons. The summed E-state index contributed by atoms with van der Waals surface area (Å²) in [6.07, 6.45) is 0. The molecule has 1 rings (SSSR count). The van der Waals surface area contributed by atoms with Gasteiger partial charge >= 0.3 is 0 Å². The van der Waals surface area contributed by atoms with Crippen molar-refractivity contribution in [1.82, 2.24) is 5.32 Å². The Hall–Kier alpha value is -0.360. The Bertz CT molecular complexity index is 296. The van der Waals surface area contributed by atoms with Crippen molar-refractivity contribution in [2.75, 3.05) is 17.6 Å². The molecule has 0 bridgehead atoms. The van der Waals surface area contributed by atoms with E-state index in [1.54, 1.807) is 12.1 Å². The topological polar surface area (TPSA) is 21.3 Å². The van der Waals surface area contributed by atoms with Gasteiger partial charge in [-0.15, -0.1) is 0 Å². The molecule has 1 aromatic rings. The molecule has 0 saturated heterocycles. The van der Waals surface area contributed by atoms with Crippen molar-refractivity contribution >= 4 is 22.6 Å². The summed E-state index contributed by atoms with van der Waals surface area (Å²) in [4.78, 5) is 0. The van der Waals surface area contributed by atoms with Gasteiger partial charge in [-0.2, -0.15) is 0 Å². The van der Waals surface area contributed by atoms with Crippen LogP contribution in [0.1, 0.15) is 6.92 Å². The van der Waals surface area contributed by atoms with E-state index in [2.05, 4.69) is 34.8 Å². The van der Waals surface area contributed by atoms with Crippen molar-refractivity contribution in [3.8, 4) is 5.75 Å². The molecule has 2 nitrogen and oxygen atoms in total. The second-order valence-electron chi connectivity index (χ2n) is 3.32. The first-order chi connectivity index (χ1) is 7.22. The van der Waals surface area contributed by atoms with E-state index in [-0.39, 0.29) is 5.82 Å². The molecule has 1 unspecified atom stereocenters. The highest BCUT2D eigenvalue weighted by Gasteiger charge is 1.98. The van der Waals surface area contributed by atoms with Crippen LogP contribution in [0.25, 0.3) is 0 Å². The zero-order chi connectivity index (χ0) is 11.1. The predicted octanol–water partition coefficient (Wildman–Crippen LogP) is 2.62. The van der Waals surface area contributed by atoms with Gasteiger partial charge in [0.05, 0.1) is 0 Å². The fourth-order valence-electron chi connectivity index (χ4n) is 1.09. The van der Waals surface area contributed by atoms with Crippen molar-refractivity contribution in [1.29, 1.82) is 0 Å². The number of alkyl halides is 1. The zero-order valence-electron chi connectivity index (χ0n) is 8.67. The summed E-state index contributed by atoms with van der Waals surface area (Å²) in [6, 6.07) is 6.68. The van der Waals surface area contributed by atoms with Gasteiger partial charge < -0.3 is 10.1 Å². The van der Waals surface area contributed by atoms with Crippen LogP contribution in [-0.2, 0) is 0 Å². The molecule has 15 heavy (non-hydrogen) atoms. The number of hydrogen-bond donors (Lipinski definition) is 1. The maximum Gasteiger partial charge on any atom is 0.126 e. The van der Waals surface area contributed by atoms with Gasteiger partial charge in [0, 0.05) is 23.1 Å². The molecule has 1 aromatic carbocycles. The van der Waals surface area contributed by atoms with E-state index in [4.69, 9.17) is 4.74 Å². The quantitative estimate of drug-likeness (QED) is 0.494. The van der Waals surface area contributed by atoms with Gasteiger partial charge in [0.15, 0.2) is 0 Å². The van der Waals surface area contributed by atoms with Crippen molar-refractivity contribution in [3.63, 3.8) is 0 Å². The molecule has 0 saturated carbocycles. The van der Waals surface area contributed by atoms with Crippen LogP contribution in [0.3, 0.4) is 0 Å². The lowest BCUT2D eigenvalue weighted by atomic mass is 10.3. The molecule has 0 fully saturated rings. The van der Waals surface area contributed by atoms with Crippen LogP contribution in [0, 0.1) is 5.82 Å². The number of benzene rings is 1. The van der Waals surface area contributed by atoms with E-state index in [9.17, 15) is 4.39 Å². The summed E-state index contributed by atoms with van der Waals surface area (Å²) in [5.41, 5.74) is 0. The normalized spacial score (nSPS) is 12.5. The lowest BCUT2D eigenvalue weighted by molar-refractivity contribution is 0.308. The third kappa shape index (κ3) is 5.32. The summed E-state index contributed by atoms with van der Waals surface area (Å²) < 4.78 is 19.2. The Kier molecular flexibility index (Phi) is 5.93. The van der Waals surface area contributed by atoms with E-state index in [1.165, 1.54) is 12.1 Å². The summed E-state index contributed by atoms with van der Waals surface area (Å²) >= 11 is 2.33. The van der Waals surface area contributed by atoms with E-state index < -0.39 is 0 Å². The first-order valence-electron chi connectivity index (χ1n) is 4.90. The third-order valence-electron chi connectivity index (χ3n) is 1.89. The molecular weight excluding hydrogens is 308 g/mol. The minimum Gasteiger partial charge on any atom is -0.492 e. The molecule has 0 aliphatic carbocycles. The Morgan fingerprint density at radius 1 is 1.53 bits per heavy atom. The van der Waals surface area contributed by atoms with Crippen LogP contribution in [0.15, 0.2) is 24.3 Å². The largest absolute Gasteiger partial charge is 0.492 e. The molecule has 0 spiro atoms. The van der Waals surface area contributed by atoms with Crippen molar-refractivity contribution in [2.45, 2.75) is 13.0 Å². The first kappa shape index (κ1) is 12.7. The lowest BCUT2D eigenvalue weighted by Gasteiger charge is -2.11. The van der Waals surface area contributed by atoms with E-state index in [0.717, 1.165) is 11.0 Å². The number of ether oxygens (including phenoxy) is 1. The second kappa shape index (κ2) is 7.00. The van der Waals surface area contributed by atoms with Gasteiger partial charge in [-0.3, -0.25) is 0 Å². The first-order valence-corrected chi connectivity index (χ1v) is 6.42. The number of nitrogens with one attached hydrogen (secondary N) is 1. The van der Waals surface area contributed by atoms with E-state index in [0.29, 0.717) is 18.4 Å². The SMILES string of the molecule is CC(CI)NCCOc1cccc(F)c1. The molecule has 1 atom stereocenters. The molecule has 1 N–H and O–H groups in total. The van der Waals surface area contributed by atoms with Gasteiger partial charge in [0.2, 0.25) is 0 Å². The van der Waals surface area contributed by atoms with Gasteiger partial charge in [0.1, 0.15) is 18.2 Å². The van der Waals surface area contributed by atoms with Gasteiger partial charge in [0.25, 0.3) is 0 Å².